The van der Waals surface area contributed by atoms with Gasteiger partial charge in [-0.3, -0.25) is 4.79 Å². The van der Waals surface area contributed by atoms with Crippen molar-refractivity contribution in [3.05, 3.63) is 88.9 Å². The lowest BCUT2D eigenvalue weighted by Gasteiger charge is -2.10. The number of benzene rings is 2. The molecule has 0 unspecified atom stereocenters. The molecule has 3 aromatic rings. The highest BCUT2D eigenvalue weighted by atomic mass is 16.5. The second-order valence-electron chi connectivity index (χ2n) is 6.05. The fourth-order valence-electron chi connectivity index (χ4n) is 2.58. The maximum absolute atomic E-state index is 12.5. The Bertz CT molecular complexity index is 853. The van der Waals surface area contributed by atoms with Crippen LogP contribution in [-0.2, 0) is 18.0 Å². The number of amides is 1. The van der Waals surface area contributed by atoms with Crippen LogP contribution in [0.5, 0.6) is 0 Å². The van der Waals surface area contributed by atoms with Crippen molar-refractivity contribution in [3.63, 3.8) is 0 Å². The summed E-state index contributed by atoms with van der Waals surface area (Å²) in [6, 6.07) is 17.3. The molecule has 4 nitrogen and oxygen atoms in total. The fraction of sp³-hybridized carbons (Fsp3) is 0.190. The zero-order valence-electron chi connectivity index (χ0n) is 14.4. The van der Waals surface area contributed by atoms with Gasteiger partial charge in [-0.2, -0.15) is 0 Å². The Hall–Kier alpha value is -2.85. The van der Waals surface area contributed by atoms with Gasteiger partial charge in [-0.1, -0.05) is 29.8 Å². The Morgan fingerprint density at radius 1 is 1.04 bits per heavy atom. The lowest BCUT2D eigenvalue weighted by molar-refractivity contribution is 0.0929. The van der Waals surface area contributed by atoms with Gasteiger partial charge >= 0.3 is 0 Å². The molecule has 1 amide bonds. The van der Waals surface area contributed by atoms with Crippen molar-refractivity contribution < 1.29 is 13.9 Å². The average Bonchev–Trinajstić information content (AvgIpc) is 3.11. The van der Waals surface area contributed by atoms with E-state index < -0.39 is 0 Å². The van der Waals surface area contributed by atoms with E-state index in [0.717, 1.165) is 28.1 Å². The number of rotatable bonds is 6. The highest BCUT2D eigenvalue weighted by Crippen LogP contribution is 2.16. The summed E-state index contributed by atoms with van der Waals surface area (Å²) in [6.07, 6.45) is 1.63. The molecule has 0 radical (unpaired) electrons. The van der Waals surface area contributed by atoms with Gasteiger partial charge in [0.25, 0.3) is 5.91 Å². The number of nitrogens with one attached hydrogen (secondary N) is 1. The third-order valence-electron chi connectivity index (χ3n) is 3.92. The molecule has 1 aromatic heterocycles. The smallest absolute Gasteiger partial charge is 0.255 e. The Kier molecular flexibility index (Phi) is 5.31. The maximum Gasteiger partial charge on any atom is 0.255 e. The van der Waals surface area contributed by atoms with Gasteiger partial charge in [0, 0.05) is 11.3 Å². The molecule has 0 saturated carbocycles. The molecule has 0 saturated heterocycles. The van der Waals surface area contributed by atoms with Gasteiger partial charge in [0.05, 0.1) is 12.9 Å². The molecular weight excluding hydrogens is 314 g/mol. The predicted octanol–water partition coefficient (Wildman–Crippen LogP) is 4.87. The van der Waals surface area contributed by atoms with Crippen molar-refractivity contribution in [1.82, 2.24) is 0 Å². The van der Waals surface area contributed by atoms with Gasteiger partial charge in [0.1, 0.15) is 12.4 Å². The molecule has 0 aliphatic heterocycles. The van der Waals surface area contributed by atoms with Gasteiger partial charge in [0.2, 0.25) is 0 Å². The number of hydrogen-bond donors (Lipinski definition) is 1. The number of ether oxygens (including phenoxy) is 1. The van der Waals surface area contributed by atoms with E-state index in [-0.39, 0.29) is 5.91 Å². The van der Waals surface area contributed by atoms with Crippen molar-refractivity contribution >= 4 is 11.6 Å². The monoisotopic (exact) mass is 335 g/mol. The van der Waals surface area contributed by atoms with E-state index in [1.807, 2.05) is 68.4 Å². The Morgan fingerprint density at radius 3 is 2.72 bits per heavy atom. The lowest BCUT2D eigenvalue weighted by atomic mass is 10.0. The first-order chi connectivity index (χ1) is 12.1. The van der Waals surface area contributed by atoms with Gasteiger partial charge < -0.3 is 14.5 Å². The second kappa shape index (κ2) is 7.81. The van der Waals surface area contributed by atoms with Crippen molar-refractivity contribution in [3.8, 4) is 0 Å². The Balaban J connectivity index is 1.63. The summed E-state index contributed by atoms with van der Waals surface area (Å²) in [6.45, 7) is 4.79. The topological polar surface area (TPSA) is 51.5 Å². The largest absolute Gasteiger partial charge is 0.467 e. The highest BCUT2D eigenvalue weighted by molar-refractivity contribution is 6.05. The molecule has 0 aliphatic carbocycles. The lowest BCUT2D eigenvalue weighted by Crippen LogP contribution is -2.13. The molecule has 1 heterocycles. The first-order valence-corrected chi connectivity index (χ1v) is 8.19. The third-order valence-corrected chi connectivity index (χ3v) is 3.92. The van der Waals surface area contributed by atoms with Crippen LogP contribution in [0.1, 0.15) is 32.8 Å². The number of carbonyl (C=O) groups is 1. The van der Waals surface area contributed by atoms with Crippen LogP contribution in [-0.4, -0.2) is 5.91 Å². The summed E-state index contributed by atoms with van der Waals surface area (Å²) in [4.78, 5) is 12.5. The highest BCUT2D eigenvalue weighted by Gasteiger charge is 2.10. The van der Waals surface area contributed by atoms with Crippen LogP contribution in [0.3, 0.4) is 0 Å². The molecule has 0 atom stereocenters. The van der Waals surface area contributed by atoms with Crippen LogP contribution >= 0.6 is 0 Å². The number of anilines is 1. The minimum absolute atomic E-state index is 0.102. The van der Waals surface area contributed by atoms with Crippen LogP contribution in [0.15, 0.2) is 65.3 Å². The fourth-order valence-corrected chi connectivity index (χ4v) is 2.58. The SMILES string of the molecule is Cc1ccc(C)c(C(=O)Nc2cccc(COCc3ccco3)c2)c1. The standard InChI is InChI=1S/C21H21NO3/c1-15-8-9-16(2)20(11-15)21(23)22-18-6-3-5-17(12-18)13-24-14-19-7-4-10-25-19/h3-12H,13-14H2,1-2H3,(H,22,23). The number of carbonyl (C=O) groups excluding carboxylic acids is 1. The van der Waals surface area contributed by atoms with Gasteiger partial charge in [0.15, 0.2) is 0 Å². The molecule has 0 bridgehead atoms. The molecule has 2 aromatic carbocycles. The molecule has 1 N–H and O–H groups in total. The summed E-state index contributed by atoms with van der Waals surface area (Å²) in [7, 11) is 0. The molecule has 128 valence electrons. The minimum atomic E-state index is -0.102. The summed E-state index contributed by atoms with van der Waals surface area (Å²) in [5.41, 5.74) is 4.46. The van der Waals surface area contributed by atoms with Crippen molar-refractivity contribution in [2.24, 2.45) is 0 Å². The number of hydrogen-bond acceptors (Lipinski definition) is 3. The summed E-state index contributed by atoms with van der Waals surface area (Å²) in [5.74, 6) is 0.689. The molecular formula is C21H21NO3. The van der Waals surface area contributed by atoms with E-state index in [1.54, 1.807) is 6.26 Å². The molecule has 3 rings (SSSR count). The second-order valence-corrected chi connectivity index (χ2v) is 6.05. The van der Waals surface area contributed by atoms with E-state index in [1.165, 1.54) is 0 Å². The van der Waals surface area contributed by atoms with Crippen molar-refractivity contribution in [2.75, 3.05) is 5.32 Å². The Morgan fingerprint density at radius 2 is 1.92 bits per heavy atom. The Labute approximate surface area is 147 Å². The first-order valence-electron chi connectivity index (χ1n) is 8.19. The minimum Gasteiger partial charge on any atom is -0.467 e. The summed E-state index contributed by atoms with van der Waals surface area (Å²) >= 11 is 0. The van der Waals surface area contributed by atoms with E-state index in [4.69, 9.17) is 9.15 Å². The number of aryl methyl sites for hydroxylation is 2. The van der Waals surface area contributed by atoms with Crippen LogP contribution in [0.2, 0.25) is 0 Å². The predicted molar refractivity (Wildman–Crippen MR) is 97.5 cm³/mol. The summed E-state index contributed by atoms with van der Waals surface area (Å²) < 4.78 is 10.9. The quantitative estimate of drug-likeness (QED) is 0.699. The molecule has 0 aliphatic rings. The van der Waals surface area contributed by atoms with Gasteiger partial charge in [-0.15, -0.1) is 0 Å². The van der Waals surface area contributed by atoms with Crippen molar-refractivity contribution in [2.45, 2.75) is 27.1 Å². The normalized spacial score (nSPS) is 10.6. The van der Waals surface area contributed by atoms with Crippen LogP contribution in [0, 0.1) is 13.8 Å². The third kappa shape index (κ3) is 4.58. The number of furan rings is 1. The van der Waals surface area contributed by atoms with Crippen molar-refractivity contribution in [1.29, 1.82) is 0 Å². The van der Waals surface area contributed by atoms with Gasteiger partial charge in [-0.05, 0) is 55.3 Å². The van der Waals surface area contributed by atoms with Gasteiger partial charge in [-0.25, -0.2) is 0 Å². The molecule has 4 heteroatoms. The zero-order chi connectivity index (χ0) is 17.6. The van der Waals surface area contributed by atoms with Crippen LogP contribution in [0.25, 0.3) is 0 Å². The average molecular weight is 335 g/mol. The molecule has 25 heavy (non-hydrogen) atoms. The van der Waals surface area contributed by atoms with E-state index >= 15 is 0 Å². The molecule has 0 spiro atoms. The van der Waals surface area contributed by atoms with Crippen LogP contribution in [0.4, 0.5) is 5.69 Å². The van der Waals surface area contributed by atoms with E-state index in [0.29, 0.717) is 18.8 Å². The maximum atomic E-state index is 12.5. The van der Waals surface area contributed by atoms with E-state index in [2.05, 4.69) is 5.32 Å². The first kappa shape index (κ1) is 17.0. The summed E-state index contributed by atoms with van der Waals surface area (Å²) in [5, 5.41) is 2.96. The molecule has 0 fully saturated rings. The van der Waals surface area contributed by atoms with Crippen LogP contribution < -0.4 is 5.32 Å². The van der Waals surface area contributed by atoms with E-state index in [9.17, 15) is 4.79 Å². The zero-order valence-corrected chi connectivity index (χ0v) is 14.4.